The monoisotopic (exact) mass is 393 g/mol. The summed E-state index contributed by atoms with van der Waals surface area (Å²) >= 11 is 8.91. The molecular weight excluding hydrogens is 378 g/mol. The van der Waals surface area contributed by atoms with Crippen molar-refractivity contribution in [3.05, 3.63) is 52.7 Å². The topological polar surface area (TPSA) is 59.2 Å². The van der Waals surface area contributed by atoms with Crippen molar-refractivity contribution in [1.29, 1.82) is 0 Å². The third-order valence-corrected chi connectivity index (χ3v) is 5.65. The van der Waals surface area contributed by atoms with Gasteiger partial charge in [-0.1, -0.05) is 22.8 Å². The van der Waals surface area contributed by atoms with Gasteiger partial charge in [0.05, 0.1) is 16.7 Å². The average Bonchev–Trinajstić information content (AvgIpc) is 3.27. The SMILES string of the molecule is C[C@@H](Sc1ccc(Cl)cc1)C(=O)N(C)Cc1nc(-c2cccs2)no1. The van der Waals surface area contributed by atoms with Crippen molar-refractivity contribution in [2.75, 3.05) is 7.05 Å². The lowest BCUT2D eigenvalue weighted by Crippen LogP contribution is -2.32. The summed E-state index contributed by atoms with van der Waals surface area (Å²) in [5.41, 5.74) is 0. The number of hydrogen-bond donors (Lipinski definition) is 0. The van der Waals surface area contributed by atoms with E-state index in [1.807, 2.05) is 48.7 Å². The summed E-state index contributed by atoms with van der Waals surface area (Å²) in [6.07, 6.45) is 0. The highest BCUT2D eigenvalue weighted by Crippen LogP contribution is 2.26. The lowest BCUT2D eigenvalue weighted by atomic mass is 10.4. The zero-order valence-electron chi connectivity index (χ0n) is 13.7. The summed E-state index contributed by atoms with van der Waals surface area (Å²) in [6, 6.07) is 11.3. The zero-order valence-corrected chi connectivity index (χ0v) is 16.1. The molecule has 0 aliphatic rings. The Balaban J connectivity index is 1.59. The predicted octanol–water partition coefficient (Wildman–Crippen LogP) is 4.59. The molecule has 0 radical (unpaired) electrons. The second-order valence-electron chi connectivity index (χ2n) is 5.40. The summed E-state index contributed by atoms with van der Waals surface area (Å²) in [4.78, 5) is 20.4. The van der Waals surface area contributed by atoms with Crippen LogP contribution in [-0.4, -0.2) is 33.2 Å². The number of benzene rings is 1. The molecule has 0 bridgehead atoms. The standard InChI is InChI=1S/C17H16ClN3O2S2/c1-11(25-13-7-5-12(18)6-8-13)17(22)21(2)10-15-19-16(20-23-15)14-4-3-9-24-14/h3-9,11H,10H2,1-2H3/t11-/m1/s1. The lowest BCUT2D eigenvalue weighted by molar-refractivity contribution is -0.129. The fourth-order valence-corrected chi connectivity index (χ4v) is 3.94. The first-order chi connectivity index (χ1) is 12.0. The molecule has 0 aliphatic heterocycles. The summed E-state index contributed by atoms with van der Waals surface area (Å²) in [7, 11) is 1.73. The lowest BCUT2D eigenvalue weighted by Gasteiger charge is -2.19. The summed E-state index contributed by atoms with van der Waals surface area (Å²) in [6.45, 7) is 2.16. The third kappa shape index (κ3) is 4.62. The molecule has 0 unspecified atom stereocenters. The Morgan fingerprint density at radius 2 is 2.12 bits per heavy atom. The molecule has 1 amide bonds. The van der Waals surface area contributed by atoms with Gasteiger partial charge in [-0.15, -0.1) is 23.1 Å². The normalized spacial score (nSPS) is 12.1. The highest BCUT2D eigenvalue weighted by molar-refractivity contribution is 8.00. The smallest absolute Gasteiger partial charge is 0.246 e. The van der Waals surface area contributed by atoms with Crippen molar-refractivity contribution < 1.29 is 9.32 Å². The van der Waals surface area contributed by atoms with Crippen molar-refractivity contribution in [3.8, 4) is 10.7 Å². The van der Waals surface area contributed by atoms with Crippen LogP contribution in [-0.2, 0) is 11.3 Å². The maximum Gasteiger partial charge on any atom is 0.246 e. The van der Waals surface area contributed by atoms with Gasteiger partial charge in [-0.3, -0.25) is 4.79 Å². The highest BCUT2D eigenvalue weighted by atomic mass is 35.5. The molecule has 3 rings (SSSR count). The van der Waals surface area contributed by atoms with Gasteiger partial charge in [0.15, 0.2) is 0 Å². The number of thioether (sulfide) groups is 1. The van der Waals surface area contributed by atoms with Gasteiger partial charge < -0.3 is 9.42 Å². The molecule has 3 aromatic rings. The quantitative estimate of drug-likeness (QED) is 0.573. The van der Waals surface area contributed by atoms with E-state index in [1.165, 1.54) is 11.8 Å². The predicted molar refractivity (Wildman–Crippen MR) is 101 cm³/mol. The number of hydrogen-bond acceptors (Lipinski definition) is 6. The van der Waals surface area contributed by atoms with Crippen LogP contribution < -0.4 is 0 Å². The van der Waals surface area contributed by atoms with E-state index in [4.69, 9.17) is 16.1 Å². The Morgan fingerprint density at radius 1 is 1.36 bits per heavy atom. The Kier molecular flexibility index (Phi) is 5.78. The second-order valence-corrected chi connectivity index (χ2v) is 8.20. The van der Waals surface area contributed by atoms with Crippen molar-refractivity contribution >= 4 is 40.6 Å². The van der Waals surface area contributed by atoms with Crippen LogP contribution in [0, 0.1) is 0 Å². The van der Waals surface area contributed by atoms with Gasteiger partial charge in [-0.25, -0.2) is 0 Å². The number of carbonyl (C=O) groups is 1. The van der Waals surface area contributed by atoms with Crippen molar-refractivity contribution in [2.24, 2.45) is 0 Å². The molecule has 5 nitrogen and oxygen atoms in total. The zero-order chi connectivity index (χ0) is 17.8. The largest absolute Gasteiger partial charge is 0.337 e. The van der Waals surface area contributed by atoms with Gasteiger partial charge in [0.1, 0.15) is 0 Å². The van der Waals surface area contributed by atoms with Gasteiger partial charge in [0.25, 0.3) is 0 Å². The van der Waals surface area contributed by atoms with Gasteiger partial charge in [-0.05, 0) is 42.6 Å². The number of carbonyl (C=O) groups excluding carboxylic acids is 1. The second kappa shape index (κ2) is 8.03. The molecule has 2 aromatic heterocycles. The van der Waals surface area contributed by atoms with Crippen molar-refractivity contribution in [2.45, 2.75) is 23.6 Å². The Hall–Kier alpha value is -1.83. The molecule has 0 aliphatic carbocycles. The maximum absolute atomic E-state index is 12.5. The molecule has 8 heteroatoms. The van der Waals surface area contributed by atoms with Crippen LogP contribution in [0.3, 0.4) is 0 Å². The molecule has 25 heavy (non-hydrogen) atoms. The summed E-state index contributed by atoms with van der Waals surface area (Å²) in [5, 5.41) is 6.36. The number of thiophene rings is 1. The van der Waals surface area contributed by atoms with E-state index in [1.54, 1.807) is 23.3 Å². The number of rotatable bonds is 6. The van der Waals surface area contributed by atoms with Gasteiger partial charge in [0, 0.05) is 17.0 Å². The Morgan fingerprint density at radius 3 is 2.80 bits per heavy atom. The van der Waals surface area contributed by atoms with Crippen LogP contribution in [0.2, 0.25) is 5.02 Å². The van der Waals surface area contributed by atoms with Crippen LogP contribution in [0.1, 0.15) is 12.8 Å². The Labute approximate surface area is 159 Å². The van der Waals surface area contributed by atoms with Crippen molar-refractivity contribution in [1.82, 2.24) is 15.0 Å². The van der Waals surface area contributed by atoms with Crippen LogP contribution in [0.15, 0.2) is 51.2 Å². The first-order valence-corrected chi connectivity index (χ1v) is 9.70. The van der Waals surface area contributed by atoms with E-state index in [-0.39, 0.29) is 17.7 Å². The van der Waals surface area contributed by atoms with E-state index in [0.717, 1.165) is 9.77 Å². The number of halogens is 1. The molecule has 0 fully saturated rings. The molecule has 1 aromatic carbocycles. The fourth-order valence-electron chi connectivity index (χ4n) is 2.18. The van der Waals surface area contributed by atoms with E-state index in [9.17, 15) is 4.79 Å². The molecule has 0 saturated carbocycles. The van der Waals surface area contributed by atoms with E-state index < -0.39 is 0 Å². The summed E-state index contributed by atoms with van der Waals surface area (Å²) in [5.74, 6) is 0.966. The van der Waals surface area contributed by atoms with E-state index >= 15 is 0 Å². The van der Waals surface area contributed by atoms with Crippen LogP contribution >= 0.6 is 34.7 Å². The third-order valence-electron chi connectivity index (χ3n) is 3.43. The van der Waals surface area contributed by atoms with Gasteiger partial charge in [-0.2, -0.15) is 4.98 Å². The minimum Gasteiger partial charge on any atom is -0.337 e. The van der Waals surface area contributed by atoms with E-state index in [0.29, 0.717) is 16.7 Å². The minimum absolute atomic E-state index is 0.00387. The number of amides is 1. The van der Waals surface area contributed by atoms with Crippen LogP contribution in [0.4, 0.5) is 0 Å². The van der Waals surface area contributed by atoms with Crippen molar-refractivity contribution in [3.63, 3.8) is 0 Å². The molecule has 2 heterocycles. The highest BCUT2D eigenvalue weighted by Gasteiger charge is 2.21. The summed E-state index contributed by atoms with van der Waals surface area (Å²) < 4.78 is 5.25. The molecule has 1 atom stereocenters. The average molecular weight is 394 g/mol. The molecule has 0 N–H and O–H groups in total. The maximum atomic E-state index is 12.5. The fraction of sp³-hybridized carbons (Fsp3) is 0.235. The molecular formula is C17H16ClN3O2S2. The van der Waals surface area contributed by atoms with Crippen LogP contribution in [0.25, 0.3) is 10.7 Å². The molecule has 0 spiro atoms. The first kappa shape index (κ1) is 18.0. The van der Waals surface area contributed by atoms with Crippen LogP contribution in [0.5, 0.6) is 0 Å². The first-order valence-electron chi connectivity index (χ1n) is 7.56. The number of aromatic nitrogens is 2. The van der Waals surface area contributed by atoms with Gasteiger partial charge >= 0.3 is 0 Å². The molecule has 130 valence electrons. The minimum atomic E-state index is -0.231. The Bertz CT molecular complexity index is 834. The van der Waals surface area contributed by atoms with E-state index in [2.05, 4.69) is 10.1 Å². The molecule has 0 saturated heterocycles. The number of nitrogens with zero attached hydrogens (tertiary/aromatic N) is 3. The van der Waals surface area contributed by atoms with Gasteiger partial charge in [0.2, 0.25) is 17.6 Å².